The molecule has 1 saturated heterocycles. The van der Waals surface area contributed by atoms with Crippen LogP contribution in [0.25, 0.3) is 0 Å². The zero-order chi connectivity index (χ0) is 14.3. The topological polar surface area (TPSA) is 78.4 Å². The smallest absolute Gasteiger partial charge is 0.303 e. The van der Waals surface area contributed by atoms with E-state index in [2.05, 4.69) is 17.6 Å². The molecule has 5 heteroatoms. The van der Waals surface area contributed by atoms with Gasteiger partial charge in [-0.25, -0.2) is 0 Å². The molecule has 0 aromatic rings. The third-order valence-corrected chi connectivity index (χ3v) is 4.09. The lowest BCUT2D eigenvalue weighted by atomic mass is 9.77. The van der Waals surface area contributed by atoms with E-state index in [0.29, 0.717) is 13.0 Å². The number of carbonyl (C=O) groups is 2. The van der Waals surface area contributed by atoms with Gasteiger partial charge in [0.15, 0.2) is 0 Å². The van der Waals surface area contributed by atoms with Gasteiger partial charge in [-0.2, -0.15) is 0 Å². The molecule has 0 aromatic carbocycles. The molecule has 5 nitrogen and oxygen atoms in total. The van der Waals surface area contributed by atoms with Gasteiger partial charge in [0.25, 0.3) is 0 Å². The lowest BCUT2D eigenvalue weighted by Gasteiger charge is -2.35. The number of nitrogens with one attached hydrogen (secondary N) is 2. The monoisotopic (exact) mass is 270 g/mol. The van der Waals surface area contributed by atoms with Crippen LogP contribution in [0.5, 0.6) is 0 Å². The van der Waals surface area contributed by atoms with E-state index in [9.17, 15) is 9.59 Å². The summed E-state index contributed by atoms with van der Waals surface area (Å²) in [6.45, 7) is 6.33. The summed E-state index contributed by atoms with van der Waals surface area (Å²) in [6.07, 6.45) is 3.58. The van der Waals surface area contributed by atoms with E-state index in [4.69, 9.17) is 5.11 Å². The minimum Gasteiger partial charge on any atom is -0.481 e. The second kappa shape index (κ2) is 7.48. The maximum absolute atomic E-state index is 12.3. The molecule has 0 radical (unpaired) electrons. The highest BCUT2D eigenvalue weighted by molar-refractivity contribution is 5.83. The van der Waals surface area contributed by atoms with Crippen LogP contribution < -0.4 is 10.6 Å². The third-order valence-electron chi connectivity index (χ3n) is 4.09. The maximum atomic E-state index is 12.3. The maximum Gasteiger partial charge on any atom is 0.303 e. The summed E-state index contributed by atoms with van der Waals surface area (Å²) in [5.74, 6) is -0.463. The Balaban J connectivity index is 2.38. The fourth-order valence-electron chi connectivity index (χ4n) is 2.55. The van der Waals surface area contributed by atoms with Crippen molar-refractivity contribution in [2.24, 2.45) is 11.3 Å². The van der Waals surface area contributed by atoms with Gasteiger partial charge >= 0.3 is 5.97 Å². The Bertz CT molecular complexity index is 312. The number of hydrogen-bond acceptors (Lipinski definition) is 3. The predicted octanol–water partition coefficient (Wildman–Crippen LogP) is 1.38. The first kappa shape index (κ1) is 16.0. The Morgan fingerprint density at radius 3 is 2.74 bits per heavy atom. The van der Waals surface area contributed by atoms with Crippen molar-refractivity contribution in [3.05, 3.63) is 0 Å². The van der Waals surface area contributed by atoms with Gasteiger partial charge in [-0.05, 0) is 38.1 Å². The van der Waals surface area contributed by atoms with Crippen LogP contribution in [0.2, 0.25) is 0 Å². The second-order valence-electron chi connectivity index (χ2n) is 5.66. The molecule has 1 rings (SSSR count). The van der Waals surface area contributed by atoms with Crippen LogP contribution in [0.15, 0.2) is 0 Å². The van der Waals surface area contributed by atoms with Crippen molar-refractivity contribution < 1.29 is 14.7 Å². The highest BCUT2D eigenvalue weighted by Gasteiger charge is 2.37. The molecule has 1 fully saturated rings. The number of amides is 1. The molecule has 110 valence electrons. The number of carbonyl (C=O) groups excluding carboxylic acids is 1. The van der Waals surface area contributed by atoms with Gasteiger partial charge in [0.05, 0.1) is 5.41 Å². The summed E-state index contributed by atoms with van der Waals surface area (Å²) in [7, 11) is 0. The average molecular weight is 270 g/mol. The molecule has 1 aliphatic heterocycles. The second-order valence-corrected chi connectivity index (χ2v) is 5.66. The molecule has 0 spiro atoms. The quantitative estimate of drug-likeness (QED) is 0.653. The first-order valence-electron chi connectivity index (χ1n) is 7.21. The lowest BCUT2D eigenvalue weighted by Crippen LogP contribution is -2.50. The van der Waals surface area contributed by atoms with Crippen LogP contribution in [0, 0.1) is 11.3 Å². The Morgan fingerprint density at radius 1 is 1.47 bits per heavy atom. The molecular formula is C14H26N2O3. The first-order chi connectivity index (χ1) is 9.00. The number of carboxylic acids is 1. The van der Waals surface area contributed by atoms with Crippen molar-refractivity contribution in [3.8, 4) is 0 Å². The minimum absolute atomic E-state index is 0.115. The molecule has 2 atom stereocenters. The SMILES string of the molecule is CCC1(C(=O)NCC(C)CCC(=O)O)CCCNC1. The standard InChI is InChI=1S/C14H26N2O3/c1-3-14(7-4-8-15-10-14)13(19)16-9-11(2)5-6-12(17)18/h11,15H,3-10H2,1-2H3,(H,16,19)(H,17,18). The summed E-state index contributed by atoms with van der Waals surface area (Å²) in [5, 5.41) is 14.9. The van der Waals surface area contributed by atoms with E-state index in [1.165, 1.54) is 0 Å². The van der Waals surface area contributed by atoms with E-state index >= 15 is 0 Å². The van der Waals surface area contributed by atoms with E-state index in [0.717, 1.165) is 32.4 Å². The zero-order valence-electron chi connectivity index (χ0n) is 12.0. The highest BCUT2D eigenvalue weighted by Crippen LogP contribution is 2.30. The van der Waals surface area contributed by atoms with Crippen LogP contribution in [-0.2, 0) is 9.59 Å². The number of carboxylic acid groups (broad SMARTS) is 1. The van der Waals surface area contributed by atoms with Crippen molar-refractivity contribution in [2.45, 2.75) is 46.0 Å². The van der Waals surface area contributed by atoms with Crippen molar-refractivity contribution in [2.75, 3.05) is 19.6 Å². The third kappa shape index (κ3) is 4.82. The summed E-state index contributed by atoms with van der Waals surface area (Å²) in [4.78, 5) is 22.8. The van der Waals surface area contributed by atoms with Gasteiger partial charge in [-0.15, -0.1) is 0 Å². The molecule has 1 amide bonds. The molecule has 0 saturated carbocycles. The van der Waals surface area contributed by atoms with Gasteiger partial charge in [0.2, 0.25) is 5.91 Å². The van der Waals surface area contributed by atoms with Crippen LogP contribution in [0.1, 0.15) is 46.0 Å². The van der Waals surface area contributed by atoms with Gasteiger partial charge in [-0.3, -0.25) is 9.59 Å². The highest BCUT2D eigenvalue weighted by atomic mass is 16.4. The average Bonchev–Trinajstić information content (AvgIpc) is 2.43. The lowest BCUT2D eigenvalue weighted by molar-refractivity contribution is -0.137. The fraction of sp³-hybridized carbons (Fsp3) is 0.857. The molecule has 1 heterocycles. The van der Waals surface area contributed by atoms with Crippen molar-refractivity contribution in [1.82, 2.24) is 10.6 Å². The van der Waals surface area contributed by atoms with Crippen molar-refractivity contribution >= 4 is 11.9 Å². The van der Waals surface area contributed by atoms with Gasteiger partial charge in [0, 0.05) is 19.5 Å². The molecule has 3 N–H and O–H groups in total. The normalized spacial score (nSPS) is 24.7. The number of piperidine rings is 1. The minimum atomic E-state index is -0.778. The van der Waals surface area contributed by atoms with Crippen LogP contribution in [-0.4, -0.2) is 36.6 Å². The van der Waals surface area contributed by atoms with Gasteiger partial charge in [0.1, 0.15) is 0 Å². The summed E-state index contributed by atoms with van der Waals surface area (Å²) < 4.78 is 0. The zero-order valence-corrected chi connectivity index (χ0v) is 12.0. The van der Waals surface area contributed by atoms with Crippen LogP contribution in [0.3, 0.4) is 0 Å². The Kier molecular flexibility index (Phi) is 6.28. The molecule has 2 unspecified atom stereocenters. The van der Waals surface area contributed by atoms with Gasteiger partial charge < -0.3 is 15.7 Å². The van der Waals surface area contributed by atoms with E-state index in [1.807, 2.05) is 6.92 Å². The van der Waals surface area contributed by atoms with Crippen LogP contribution >= 0.6 is 0 Å². The number of aliphatic carboxylic acids is 1. The first-order valence-corrected chi connectivity index (χ1v) is 7.21. The van der Waals surface area contributed by atoms with E-state index < -0.39 is 5.97 Å². The van der Waals surface area contributed by atoms with Gasteiger partial charge in [-0.1, -0.05) is 13.8 Å². The fourth-order valence-corrected chi connectivity index (χ4v) is 2.55. The number of rotatable bonds is 7. The van der Waals surface area contributed by atoms with Crippen molar-refractivity contribution in [1.29, 1.82) is 0 Å². The molecular weight excluding hydrogens is 244 g/mol. The van der Waals surface area contributed by atoms with Crippen molar-refractivity contribution in [3.63, 3.8) is 0 Å². The Morgan fingerprint density at radius 2 is 2.21 bits per heavy atom. The Labute approximate surface area is 115 Å². The Hall–Kier alpha value is -1.10. The summed E-state index contributed by atoms with van der Waals surface area (Å²) in [5.41, 5.74) is -0.273. The van der Waals surface area contributed by atoms with E-state index in [-0.39, 0.29) is 23.7 Å². The molecule has 0 bridgehead atoms. The summed E-state index contributed by atoms with van der Waals surface area (Å²) in [6, 6.07) is 0. The molecule has 1 aliphatic rings. The van der Waals surface area contributed by atoms with Crippen LogP contribution in [0.4, 0.5) is 0 Å². The molecule has 19 heavy (non-hydrogen) atoms. The molecule has 0 aliphatic carbocycles. The summed E-state index contributed by atoms with van der Waals surface area (Å²) >= 11 is 0. The van der Waals surface area contributed by atoms with E-state index in [1.54, 1.807) is 0 Å². The largest absolute Gasteiger partial charge is 0.481 e. The number of hydrogen-bond donors (Lipinski definition) is 3. The predicted molar refractivity (Wildman–Crippen MR) is 73.9 cm³/mol. The molecule has 0 aromatic heterocycles.